The van der Waals surface area contributed by atoms with Crippen molar-refractivity contribution in [1.82, 2.24) is 14.7 Å². The van der Waals surface area contributed by atoms with E-state index >= 15 is 0 Å². The third-order valence-corrected chi connectivity index (χ3v) is 3.95. The normalized spacial score (nSPS) is 11.9. The zero-order chi connectivity index (χ0) is 19.2. The summed E-state index contributed by atoms with van der Waals surface area (Å²) in [5.41, 5.74) is 1.50. The molecule has 0 aliphatic heterocycles. The maximum absolute atomic E-state index is 14.2. The second kappa shape index (κ2) is 8.62. The fourth-order valence-electron chi connectivity index (χ4n) is 2.61. The van der Waals surface area contributed by atoms with Crippen LogP contribution in [0.5, 0.6) is 0 Å². The van der Waals surface area contributed by atoms with Crippen LogP contribution in [0.1, 0.15) is 43.0 Å². The lowest BCUT2D eigenvalue weighted by Gasteiger charge is -2.07. The Hall–Kier alpha value is -2.95. The number of halogens is 1. The molecule has 0 aliphatic carbocycles. The van der Waals surface area contributed by atoms with E-state index in [9.17, 15) is 9.50 Å². The molecule has 1 aromatic carbocycles. The molecular weight excluding hydrogens is 349 g/mol. The number of aromatic nitrogens is 3. The van der Waals surface area contributed by atoms with Gasteiger partial charge in [-0.3, -0.25) is 0 Å². The summed E-state index contributed by atoms with van der Waals surface area (Å²) < 4.78 is 21.4. The molecule has 2 heterocycles. The molecule has 0 aliphatic rings. The van der Waals surface area contributed by atoms with Gasteiger partial charge in [-0.15, -0.1) is 0 Å². The Balaban J connectivity index is 1.75. The van der Waals surface area contributed by atoms with Crippen molar-refractivity contribution in [3.05, 3.63) is 59.6 Å². The largest absolute Gasteiger partial charge is 0.396 e. The van der Waals surface area contributed by atoms with Gasteiger partial charge < -0.3 is 19.3 Å². The maximum Gasteiger partial charge on any atom is 0.167 e. The van der Waals surface area contributed by atoms with Crippen molar-refractivity contribution in [2.24, 2.45) is 0 Å². The van der Waals surface area contributed by atoms with Crippen LogP contribution < -0.4 is 0 Å². The SMILES string of the molecule is CC(O)c1nccn1Cc1cc(-c2ccc(C#CCCCO)c(F)c2)on1. The fourth-order valence-corrected chi connectivity index (χ4v) is 2.61. The molecule has 2 aromatic heterocycles. The zero-order valence-corrected chi connectivity index (χ0v) is 14.9. The van der Waals surface area contributed by atoms with E-state index in [0.29, 0.717) is 47.8 Å². The monoisotopic (exact) mass is 369 g/mol. The van der Waals surface area contributed by atoms with E-state index in [1.165, 1.54) is 6.07 Å². The summed E-state index contributed by atoms with van der Waals surface area (Å²) in [5, 5.41) is 22.5. The molecule has 0 amide bonds. The van der Waals surface area contributed by atoms with Crippen molar-refractivity contribution < 1.29 is 19.1 Å². The first-order chi connectivity index (χ1) is 13.1. The Kier molecular flexibility index (Phi) is 6.01. The van der Waals surface area contributed by atoms with E-state index in [0.717, 1.165) is 0 Å². The average Bonchev–Trinajstić information content (AvgIpc) is 3.30. The molecular formula is C20H20FN3O3. The van der Waals surface area contributed by atoms with Gasteiger partial charge in [0.2, 0.25) is 0 Å². The van der Waals surface area contributed by atoms with Crippen molar-refractivity contribution in [2.45, 2.75) is 32.4 Å². The van der Waals surface area contributed by atoms with Gasteiger partial charge in [0.1, 0.15) is 23.4 Å². The molecule has 140 valence electrons. The Morgan fingerprint density at radius 3 is 2.93 bits per heavy atom. The third kappa shape index (κ3) is 4.61. The average molecular weight is 369 g/mol. The lowest BCUT2D eigenvalue weighted by Crippen LogP contribution is -2.07. The van der Waals surface area contributed by atoms with Crippen LogP contribution in [0, 0.1) is 17.7 Å². The lowest BCUT2D eigenvalue weighted by atomic mass is 10.1. The van der Waals surface area contributed by atoms with E-state index in [1.807, 2.05) is 0 Å². The van der Waals surface area contributed by atoms with Crippen LogP contribution in [0.3, 0.4) is 0 Å². The highest BCUT2D eigenvalue weighted by Gasteiger charge is 2.13. The number of unbranched alkanes of at least 4 members (excludes halogenated alkanes) is 1. The summed E-state index contributed by atoms with van der Waals surface area (Å²) in [7, 11) is 0. The molecule has 6 nitrogen and oxygen atoms in total. The highest BCUT2D eigenvalue weighted by molar-refractivity contribution is 5.59. The van der Waals surface area contributed by atoms with E-state index in [2.05, 4.69) is 22.0 Å². The summed E-state index contributed by atoms with van der Waals surface area (Å²) in [5.74, 6) is 6.14. The molecule has 0 saturated heterocycles. The molecule has 2 N–H and O–H groups in total. The molecule has 0 saturated carbocycles. The number of rotatable bonds is 6. The van der Waals surface area contributed by atoms with Crippen LogP contribution in [0.15, 0.2) is 41.2 Å². The van der Waals surface area contributed by atoms with Crippen LogP contribution in [-0.2, 0) is 6.54 Å². The van der Waals surface area contributed by atoms with E-state index in [1.54, 1.807) is 42.1 Å². The van der Waals surface area contributed by atoms with Crippen molar-refractivity contribution in [3.63, 3.8) is 0 Å². The molecule has 0 fully saturated rings. The van der Waals surface area contributed by atoms with Crippen LogP contribution in [-0.4, -0.2) is 31.5 Å². The Bertz CT molecular complexity index is 966. The molecule has 27 heavy (non-hydrogen) atoms. The number of nitrogens with zero attached hydrogens (tertiary/aromatic N) is 3. The molecule has 0 radical (unpaired) electrons. The summed E-state index contributed by atoms with van der Waals surface area (Å²) in [6.45, 7) is 2.10. The molecule has 0 bridgehead atoms. The number of benzene rings is 1. The number of hydrogen-bond acceptors (Lipinski definition) is 5. The van der Waals surface area contributed by atoms with Crippen LogP contribution in [0.4, 0.5) is 4.39 Å². The van der Waals surface area contributed by atoms with Crippen molar-refractivity contribution in [3.8, 4) is 23.2 Å². The minimum atomic E-state index is -0.688. The lowest BCUT2D eigenvalue weighted by molar-refractivity contribution is 0.184. The number of hydrogen-bond donors (Lipinski definition) is 2. The quantitative estimate of drug-likeness (QED) is 0.516. The minimum absolute atomic E-state index is 0.0711. The molecule has 0 spiro atoms. The van der Waals surface area contributed by atoms with Crippen molar-refractivity contribution >= 4 is 0 Å². The predicted octanol–water partition coefficient (Wildman–Crippen LogP) is 2.90. The minimum Gasteiger partial charge on any atom is -0.396 e. The maximum atomic E-state index is 14.2. The number of aliphatic hydroxyl groups is 2. The first-order valence-corrected chi connectivity index (χ1v) is 8.63. The molecule has 3 aromatic rings. The second-order valence-electron chi connectivity index (χ2n) is 6.10. The van der Waals surface area contributed by atoms with Crippen LogP contribution in [0.2, 0.25) is 0 Å². The molecule has 1 atom stereocenters. The molecule has 1 unspecified atom stereocenters. The fraction of sp³-hybridized carbons (Fsp3) is 0.300. The topological polar surface area (TPSA) is 84.3 Å². The first kappa shape index (κ1) is 18.8. The summed E-state index contributed by atoms with van der Waals surface area (Å²) >= 11 is 0. The summed E-state index contributed by atoms with van der Waals surface area (Å²) in [6.07, 6.45) is 3.76. The Morgan fingerprint density at radius 2 is 2.19 bits per heavy atom. The van der Waals surface area contributed by atoms with Gasteiger partial charge in [-0.1, -0.05) is 17.0 Å². The zero-order valence-electron chi connectivity index (χ0n) is 14.9. The van der Waals surface area contributed by atoms with Gasteiger partial charge in [-0.2, -0.15) is 0 Å². The summed E-state index contributed by atoms with van der Waals surface area (Å²) in [4.78, 5) is 4.11. The Labute approximate surface area is 156 Å². The predicted molar refractivity (Wildman–Crippen MR) is 97.1 cm³/mol. The molecule has 7 heteroatoms. The van der Waals surface area contributed by atoms with E-state index < -0.39 is 11.9 Å². The van der Waals surface area contributed by atoms with Gasteiger partial charge in [0.15, 0.2) is 5.76 Å². The highest BCUT2D eigenvalue weighted by Crippen LogP contribution is 2.23. The van der Waals surface area contributed by atoms with Gasteiger partial charge in [0.25, 0.3) is 0 Å². The smallest absolute Gasteiger partial charge is 0.167 e. The van der Waals surface area contributed by atoms with Gasteiger partial charge >= 0.3 is 0 Å². The highest BCUT2D eigenvalue weighted by atomic mass is 19.1. The first-order valence-electron chi connectivity index (χ1n) is 8.63. The standard InChI is InChI=1S/C20H20FN3O3/c1-14(26)20-22-8-9-24(20)13-17-12-19(27-23-17)16-7-6-15(18(21)11-16)5-3-2-4-10-25/h6-9,11-12,14,25-26H,2,4,10,13H2,1H3. The van der Waals surface area contributed by atoms with Gasteiger partial charge in [0, 0.05) is 37.1 Å². The second-order valence-corrected chi connectivity index (χ2v) is 6.10. The number of aliphatic hydroxyl groups excluding tert-OH is 2. The van der Waals surface area contributed by atoms with Gasteiger partial charge in [-0.25, -0.2) is 9.37 Å². The van der Waals surface area contributed by atoms with Crippen molar-refractivity contribution in [2.75, 3.05) is 6.61 Å². The van der Waals surface area contributed by atoms with Gasteiger partial charge in [0.05, 0.1) is 12.1 Å². The number of imidazole rings is 1. The van der Waals surface area contributed by atoms with Gasteiger partial charge in [-0.05, 0) is 31.5 Å². The van der Waals surface area contributed by atoms with Crippen LogP contribution in [0.25, 0.3) is 11.3 Å². The molecule has 3 rings (SSSR count). The van der Waals surface area contributed by atoms with Crippen LogP contribution >= 0.6 is 0 Å². The third-order valence-electron chi connectivity index (χ3n) is 3.95. The van der Waals surface area contributed by atoms with E-state index in [4.69, 9.17) is 9.63 Å². The Morgan fingerprint density at radius 1 is 1.33 bits per heavy atom. The summed E-state index contributed by atoms with van der Waals surface area (Å²) in [6, 6.07) is 6.41. The van der Waals surface area contributed by atoms with E-state index in [-0.39, 0.29) is 6.61 Å². The van der Waals surface area contributed by atoms with Crippen molar-refractivity contribution in [1.29, 1.82) is 0 Å².